The van der Waals surface area contributed by atoms with Crippen molar-refractivity contribution in [3.8, 4) is 11.5 Å². The lowest BCUT2D eigenvalue weighted by molar-refractivity contribution is 0.172. The highest BCUT2D eigenvalue weighted by molar-refractivity contribution is 7.13. The Hall–Kier alpha value is -2.11. The quantitative estimate of drug-likeness (QED) is 0.767. The SMILES string of the molecule is c1cc2c(c(C3(NCCc4nsc5ccccc45)CC3)c1)OCO2. The zero-order valence-corrected chi connectivity index (χ0v) is 14.1. The molecular formula is C19H18N2O2S. The Morgan fingerprint density at radius 1 is 1.08 bits per heavy atom. The van der Waals surface area contributed by atoms with Crippen molar-refractivity contribution in [3.63, 3.8) is 0 Å². The monoisotopic (exact) mass is 338 g/mol. The molecule has 0 saturated heterocycles. The van der Waals surface area contributed by atoms with Crippen LogP contribution in [0.25, 0.3) is 10.1 Å². The van der Waals surface area contributed by atoms with Crippen LogP contribution in [0.1, 0.15) is 24.1 Å². The summed E-state index contributed by atoms with van der Waals surface area (Å²) in [4.78, 5) is 0. The minimum absolute atomic E-state index is 0.0465. The smallest absolute Gasteiger partial charge is 0.231 e. The molecule has 4 nitrogen and oxygen atoms in total. The third-order valence-corrected chi connectivity index (χ3v) is 5.80. The van der Waals surface area contributed by atoms with E-state index < -0.39 is 0 Å². The summed E-state index contributed by atoms with van der Waals surface area (Å²) in [6.07, 6.45) is 3.23. The molecule has 1 saturated carbocycles. The van der Waals surface area contributed by atoms with Crippen LogP contribution in [0.5, 0.6) is 11.5 Å². The van der Waals surface area contributed by atoms with E-state index in [4.69, 9.17) is 9.47 Å². The van der Waals surface area contributed by atoms with Crippen molar-refractivity contribution in [1.82, 2.24) is 9.69 Å². The van der Waals surface area contributed by atoms with Crippen molar-refractivity contribution in [2.75, 3.05) is 13.3 Å². The van der Waals surface area contributed by atoms with Crippen molar-refractivity contribution in [2.45, 2.75) is 24.8 Å². The van der Waals surface area contributed by atoms with Gasteiger partial charge in [-0.2, -0.15) is 4.37 Å². The molecule has 0 spiro atoms. The summed E-state index contributed by atoms with van der Waals surface area (Å²) in [5.74, 6) is 1.78. The van der Waals surface area contributed by atoms with Crippen LogP contribution in [0.15, 0.2) is 42.5 Å². The molecule has 1 aromatic heterocycles. The fourth-order valence-electron chi connectivity index (χ4n) is 3.51. The van der Waals surface area contributed by atoms with Crippen LogP contribution in [0.3, 0.4) is 0 Å². The second-order valence-corrected chi connectivity index (χ2v) is 7.23. The molecule has 2 heterocycles. The van der Waals surface area contributed by atoms with Crippen LogP contribution < -0.4 is 14.8 Å². The van der Waals surface area contributed by atoms with E-state index in [0.717, 1.165) is 37.3 Å². The van der Waals surface area contributed by atoms with Crippen molar-refractivity contribution in [1.29, 1.82) is 0 Å². The normalized spacial score (nSPS) is 17.3. The van der Waals surface area contributed by atoms with Gasteiger partial charge >= 0.3 is 0 Å². The summed E-state index contributed by atoms with van der Waals surface area (Å²) < 4.78 is 17.1. The standard InChI is InChI=1S/C19H18N2O2S/c1-2-7-17-13(4-1)15(21-24-17)8-11-20-19(9-10-19)14-5-3-6-16-18(14)23-12-22-16/h1-7,20H,8-12H2. The molecule has 3 aromatic rings. The van der Waals surface area contributed by atoms with Gasteiger partial charge in [-0.15, -0.1) is 0 Å². The molecule has 0 amide bonds. The Kier molecular flexibility index (Phi) is 3.24. The molecule has 5 rings (SSSR count). The van der Waals surface area contributed by atoms with Gasteiger partial charge in [-0.3, -0.25) is 0 Å². The first-order valence-electron chi connectivity index (χ1n) is 8.33. The number of fused-ring (bicyclic) bond motifs is 2. The Labute approximate surface area is 144 Å². The molecular weight excluding hydrogens is 320 g/mol. The molecule has 122 valence electrons. The minimum Gasteiger partial charge on any atom is -0.454 e. The van der Waals surface area contributed by atoms with Gasteiger partial charge in [-0.25, -0.2) is 0 Å². The van der Waals surface area contributed by atoms with Gasteiger partial charge in [0, 0.05) is 29.5 Å². The number of hydrogen-bond donors (Lipinski definition) is 1. The maximum absolute atomic E-state index is 5.69. The van der Waals surface area contributed by atoms with E-state index in [9.17, 15) is 0 Å². The number of para-hydroxylation sites is 1. The molecule has 24 heavy (non-hydrogen) atoms. The maximum Gasteiger partial charge on any atom is 0.231 e. The third kappa shape index (κ3) is 2.27. The highest BCUT2D eigenvalue weighted by Gasteiger charge is 2.46. The van der Waals surface area contributed by atoms with E-state index in [1.54, 1.807) is 11.5 Å². The third-order valence-electron chi connectivity index (χ3n) is 4.94. The lowest BCUT2D eigenvalue weighted by atomic mass is 10.0. The van der Waals surface area contributed by atoms with E-state index in [1.165, 1.54) is 21.3 Å². The summed E-state index contributed by atoms with van der Waals surface area (Å²) in [6.45, 7) is 1.24. The first-order valence-corrected chi connectivity index (χ1v) is 9.10. The average molecular weight is 338 g/mol. The molecule has 0 bridgehead atoms. The molecule has 1 aliphatic heterocycles. The van der Waals surface area contributed by atoms with Crippen molar-refractivity contribution in [2.24, 2.45) is 0 Å². The van der Waals surface area contributed by atoms with Gasteiger partial charge in [0.05, 0.1) is 10.4 Å². The Morgan fingerprint density at radius 3 is 2.92 bits per heavy atom. The maximum atomic E-state index is 5.69. The van der Waals surface area contributed by atoms with Crippen LogP contribution in [-0.2, 0) is 12.0 Å². The first-order chi connectivity index (χ1) is 11.9. The number of nitrogens with zero attached hydrogens (tertiary/aromatic N) is 1. The van der Waals surface area contributed by atoms with Gasteiger partial charge in [-0.1, -0.05) is 30.3 Å². The van der Waals surface area contributed by atoms with Crippen LogP contribution >= 0.6 is 11.5 Å². The predicted octanol–water partition coefficient (Wildman–Crippen LogP) is 3.85. The topological polar surface area (TPSA) is 43.4 Å². The Balaban J connectivity index is 1.33. The van der Waals surface area contributed by atoms with Gasteiger partial charge in [0.2, 0.25) is 6.79 Å². The summed E-state index contributed by atoms with van der Waals surface area (Å²) in [6, 6.07) is 14.6. The number of rotatable bonds is 5. The van der Waals surface area contributed by atoms with Crippen molar-refractivity contribution < 1.29 is 9.47 Å². The summed E-state index contributed by atoms with van der Waals surface area (Å²) in [7, 11) is 0. The fourth-order valence-corrected chi connectivity index (χ4v) is 4.33. The highest BCUT2D eigenvalue weighted by Crippen LogP contribution is 2.52. The number of aromatic nitrogens is 1. The largest absolute Gasteiger partial charge is 0.454 e. The molecule has 0 radical (unpaired) electrons. The summed E-state index contributed by atoms with van der Waals surface area (Å²) in [5.41, 5.74) is 2.47. The Morgan fingerprint density at radius 2 is 2.00 bits per heavy atom. The van der Waals surface area contributed by atoms with Gasteiger partial charge in [-0.05, 0) is 36.5 Å². The number of benzene rings is 2. The summed E-state index contributed by atoms with van der Waals surface area (Å²) >= 11 is 1.59. The second-order valence-electron chi connectivity index (χ2n) is 6.42. The van der Waals surface area contributed by atoms with E-state index in [-0.39, 0.29) is 5.54 Å². The molecule has 5 heteroatoms. The molecule has 1 N–H and O–H groups in total. The van der Waals surface area contributed by atoms with E-state index in [2.05, 4.69) is 46.1 Å². The molecule has 2 aliphatic rings. The molecule has 0 atom stereocenters. The fraction of sp³-hybridized carbons (Fsp3) is 0.316. The summed E-state index contributed by atoms with van der Waals surface area (Å²) in [5, 5.41) is 5.03. The zero-order valence-electron chi connectivity index (χ0n) is 13.2. The van der Waals surface area contributed by atoms with E-state index in [0.29, 0.717) is 6.79 Å². The number of ether oxygens (including phenoxy) is 2. The van der Waals surface area contributed by atoms with Crippen LogP contribution in [-0.4, -0.2) is 17.7 Å². The average Bonchev–Trinajstić information content (AvgIpc) is 3.06. The first kappa shape index (κ1) is 14.3. The van der Waals surface area contributed by atoms with Crippen LogP contribution in [0.2, 0.25) is 0 Å². The predicted molar refractivity (Wildman–Crippen MR) is 94.8 cm³/mol. The van der Waals surface area contributed by atoms with Crippen LogP contribution in [0.4, 0.5) is 0 Å². The lowest BCUT2D eigenvalue weighted by Gasteiger charge is -2.19. The molecule has 1 fully saturated rings. The Bertz CT molecular complexity index is 901. The molecule has 0 unspecified atom stereocenters. The van der Waals surface area contributed by atoms with Crippen LogP contribution in [0, 0.1) is 0 Å². The zero-order chi connectivity index (χ0) is 16.0. The van der Waals surface area contributed by atoms with Crippen molar-refractivity contribution in [3.05, 3.63) is 53.7 Å². The van der Waals surface area contributed by atoms with Crippen molar-refractivity contribution >= 4 is 21.6 Å². The molecule has 1 aliphatic carbocycles. The molecule has 2 aromatic carbocycles. The minimum atomic E-state index is 0.0465. The second kappa shape index (κ2) is 5.46. The van der Waals surface area contributed by atoms with Gasteiger partial charge < -0.3 is 14.8 Å². The van der Waals surface area contributed by atoms with Gasteiger partial charge in [0.15, 0.2) is 11.5 Å². The lowest BCUT2D eigenvalue weighted by Crippen LogP contribution is -2.31. The highest BCUT2D eigenvalue weighted by atomic mass is 32.1. The van der Waals surface area contributed by atoms with E-state index in [1.807, 2.05) is 6.07 Å². The van der Waals surface area contributed by atoms with E-state index >= 15 is 0 Å². The van der Waals surface area contributed by atoms with Gasteiger partial charge in [0.25, 0.3) is 0 Å². The van der Waals surface area contributed by atoms with Gasteiger partial charge in [0.1, 0.15) is 0 Å². The number of hydrogen-bond acceptors (Lipinski definition) is 5. The number of nitrogens with one attached hydrogen (secondary N) is 1.